The third-order valence-corrected chi connectivity index (χ3v) is 5.08. The third-order valence-electron chi connectivity index (χ3n) is 5.08. The molecule has 1 aromatic carbocycles. The van der Waals surface area contributed by atoms with Crippen LogP contribution in [0, 0.1) is 13.8 Å². The second kappa shape index (κ2) is 8.36. The molecule has 0 bridgehead atoms. The summed E-state index contributed by atoms with van der Waals surface area (Å²) in [5.74, 6) is 0.841. The Balaban J connectivity index is 1.64. The predicted octanol–water partition coefficient (Wildman–Crippen LogP) is 2.25. The standard InChI is InChI=1S/C20H30N6/c1-15-12-16(2)26(24-15)19-10-6-5-8-17(19)13-22-20(21-3)23-14-18-9-7-11-25(18)4/h5-6,8,10,12,18H,7,9,11,13-14H2,1-4H3,(H2,21,22,23). The molecule has 2 aromatic rings. The van der Waals surface area contributed by atoms with Crippen molar-refractivity contribution in [3.63, 3.8) is 0 Å². The van der Waals surface area contributed by atoms with E-state index < -0.39 is 0 Å². The topological polar surface area (TPSA) is 57.5 Å². The quantitative estimate of drug-likeness (QED) is 0.639. The van der Waals surface area contributed by atoms with Crippen molar-refractivity contribution in [3.05, 3.63) is 47.3 Å². The highest BCUT2D eigenvalue weighted by Gasteiger charge is 2.20. The molecule has 3 rings (SSSR count). The summed E-state index contributed by atoms with van der Waals surface area (Å²) in [4.78, 5) is 6.78. The summed E-state index contributed by atoms with van der Waals surface area (Å²) < 4.78 is 2.01. The molecule has 6 nitrogen and oxygen atoms in total. The molecule has 1 aliphatic rings. The lowest BCUT2D eigenvalue weighted by Crippen LogP contribution is -2.43. The molecule has 0 aliphatic carbocycles. The summed E-state index contributed by atoms with van der Waals surface area (Å²) in [7, 11) is 4.01. The average Bonchev–Trinajstić information content (AvgIpc) is 3.20. The molecule has 1 aromatic heterocycles. The van der Waals surface area contributed by atoms with Crippen molar-refractivity contribution in [1.82, 2.24) is 25.3 Å². The van der Waals surface area contributed by atoms with E-state index in [4.69, 9.17) is 0 Å². The third kappa shape index (κ3) is 4.25. The summed E-state index contributed by atoms with van der Waals surface area (Å²) in [6.07, 6.45) is 2.53. The molecule has 1 unspecified atom stereocenters. The van der Waals surface area contributed by atoms with Crippen LogP contribution in [0.25, 0.3) is 5.69 Å². The van der Waals surface area contributed by atoms with E-state index in [0.717, 1.165) is 29.6 Å². The number of likely N-dealkylation sites (tertiary alicyclic amines) is 1. The SMILES string of the molecule is CN=C(NCc1ccccc1-n1nc(C)cc1C)NCC1CCCN1C. The Kier molecular flexibility index (Phi) is 5.93. The van der Waals surface area contributed by atoms with Gasteiger partial charge < -0.3 is 15.5 Å². The monoisotopic (exact) mass is 354 g/mol. The summed E-state index contributed by atoms with van der Waals surface area (Å²) in [5, 5.41) is 11.5. The number of nitrogens with one attached hydrogen (secondary N) is 2. The first-order valence-corrected chi connectivity index (χ1v) is 9.35. The highest BCUT2D eigenvalue weighted by molar-refractivity contribution is 5.79. The van der Waals surface area contributed by atoms with Gasteiger partial charge in [-0.1, -0.05) is 18.2 Å². The average molecular weight is 355 g/mol. The van der Waals surface area contributed by atoms with Crippen LogP contribution in [0.4, 0.5) is 0 Å². The van der Waals surface area contributed by atoms with Crippen LogP contribution >= 0.6 is 0 Å². The number of rotatable bonds is 5. The smallest absolute Gasteiger partial charge is 0.191 e. The fourth-order valence-electron chi connectivity index (χ4n) is 3.59. The van der Waals surface area contributed by atoms with E-state index in [9.17, 15) is 0 Å². The van der Waals surface area contributed by atoms with Crippen LogP contribution in [-0.4, -0.2) is 53.9 Å². The molecule has 1 fully saturated rings. The van der Waals surface area contributed by atoms with Gasteiger partial charge in [0.15, 0.2) is 5.96 Å². The molecule has 1 saturated heterocycles. The minimum absolute atomic E-state index is 0.593. The van der Waals surface area contributed by atoms with Crippen LogP contribution in [0.2, 0.25) is 0 Å². The lowest BCUT2D eigenvalue weighted by Gasteiger charge is -2.21. The van der Waals surface area contributed by atoms with Gasteiger partial charge in [-0.15, -0.1) is 0 Å². The molecule has 6 heteroatoms. The van der Waals surface area contributed by atoms with Gasteiger partial charge in [-0.2, -0.15) is 5.10 Å². The van der Waals surface area contributed by atoms with E-state index in [-0.39, 0.29) is 0 Å². The van der Waals surface area contributed by atoms with Crippen LogP contribution in [0.15, 0.2) is 35.3 Å². The molecular formula is C20H30N6. The number of hydrogen-bond donors (Lipinski definition) is 2. The Morgan fingerprint density at radius 1 is 1.27 bits per heavy atom. The second-order valence-corrected chi connectivity index (χ2v) is 7.05. The Morgan fingerprint density at radius 3 is 2.73 bits per heavy atom. The van der Waals surface area contributed by atoms with Crippen LogP contribution in [0.1, 0.15) is 29.8 Å². The minimum atomic E-state index is 0.593. The first kappa shape index (κ1) is 18.5. The van der Waals surface area contributed by atoms with E-state index in [1.165, 1.54) is 24.9 Å². The van der Waals surface area contributed by atoms with Gasteiger partial charge in [-0.05, 0) is 58.0 Å². The van der Waals surface area contributed by atoms with Crippen LogP contribution in [0.3, 0.4) is 0 Å². The molecule has 2 N–H and O–H groups in total. The lowest BCUT2D eigenvalue weighted by molar-refractivity contribution is 0.309. The van der Waals surface area contributed by atoms with Gasteiger partial charge in [0.25, 0.3) is 0 Å². The largest absolute Gasteiger partial charge is 0.355 e. The predicted molar refractivity (Wildman–Crippen MR) is 107 cm³/mol. The van der Waals surface area contributed by atoms with Gasteiger partial charge in [0.1, 0.15) is 0 Å². The highest BCUT2D eigenvalue weighted by Crippen LogP contribution is 2.17. The Bertz CT molecular complexity index is 763. The maximum absolute atomic E-state index is 4.62. The van der Waals surface area contributed by atoms with E-state index in [1.807, 2.05) is 18.7 Å². The van der Waals surface area contributed by atoms with Crippen molar-refractivity contribution in [1.29, 1.82) is 0 Å². The van der Waals surface area contributed by atoms with Crippen molar-refractivity contribution in [2.75, 3.05) is 27.2 Å². The van der Waals surface area contributed by atoms with Crippen LogP contribution in [-0.2, 0) is 6.54 Å². The van der Waals surface area contributed by atoms with E-state index in [2.05, 4.69) is 69.9 Å². The molecule has 1 atom stereocenters. The van der Waals surface area contributed by atoms with Crippen LogP contribution in [0.5, 0.6) is 0 Å². The first-order valence-electron chi connectivity index (χ1n) is 9.35. The molecule has 0 spiro atoms. The zero-order chi connectivity index (χ0) is 18.5. The maximum atomic E-state index is 4.62. The number of nitrogens with zero attached hydrogens (tertiary/aromatic N) is 4. The normalized spacial score (nSPS) is 18.3. The van der Waals surface area contributed by atoms with E-state index in [1.54, 1.807) is 0 Å². The Hall–Kier alpha value is -2.34. The van der Waals surface area contributed by atoms with E-state index >= 15 is 0 Å². The second-order valence-electron chi connectivity index (χ2n) is 7.05. The van der Waals surface area contributed by atoms with Crippen molar-refractivity contribution in [3.8, 4) is 5.69 Å². The fraction of sp³-hybridized carbons (Fsp3) is 0.500. The molecule has 0 amide bonds. The van der Waals surface area contributed by atoms with Gasteiger partial charge >= 0.3 is 0 Å². The van der Waals surface area contributed by atoms with Gasteiger partial charge in [0.2, 0.25) is 0 Å². The number of aromatic nitrogens is 2. The minimum Gasteiger partial charge on any atom is -0.355 e. The maximum Gasteiger partial charge on any atom is 0.191 e. The Morgan fingerprint density at radius 2 is 2.08 bits per heavy atom. The number of guanidine groups is 1. The number of aryl methyl sites for hydroxylation is 2. The molecule has 0 saturated carbocycles. The first-order chi connectivity index (χ1) is 12.6. The fourth-order valence-corrected chi connectivity index (χ4v) is 3.59. The van der Waals surface area contributed by atoms with Gasteiger partial charge in [0.05, 0.1) is 11.4 Å². The van der Waals surface area contributed by atoms with Gasteiger partial charge in [-0.25, -0.2) is 4.68 Å². The van der Waals surface area contributed by atoms with Gasteiger partial charge in [-0.3, -0.25) is 4.99 Å². The van der Waals surface area contributed by atoms with Gasteiger partial charge in [0, 0.05) is 31.9 Å². The van der Waals surface area contributed by atoms with Crippen molar-refractivity contribution in [2.24, 2.45) is 4.99 Å². The summed E-state index contributed by atoms with van der Waals surface area (Å²) in [6, 6.07) is 11.1. The zero-order valence-corrected chi connectivity index (χ0v) is 16.3. The Labute approximate surface area is 156 Å². The summed E-state index contributed by atoms with van der Waals surface area (Å²) in [6.45, 7) is 6.93. The highest BCUT2D eigenvalue weighted by atomic mass is 15.3. The zero-order valence-electron chi connectivity index (χ0n) is 16.3. The molecule has 26 heavy (non-hydrogen) atoms. The summed E-state index contributed by atoms with van der Waals surface area (Å²) >= 11 is 0. The number of para-hydroxylation sites is 1. The number of benzene rings is 1. The number of aliphatic imine (C=N–C) groups is 1. The number of hydrogen-bond acceptors (Lipinski definition) is 3. The molecule has 1 aliphatic heterocycles. The number of likely N-dealkylation sites (N-methyl/N-ethyl adjacent to an activating group) is 1. The van der Waals surface area contributed by atoms with Crippen molar-refractivity contribution >= 4 is 5.96 Å². The lowest BCUT2D eigenvalue weighted by atomic mass is 10.1. The van der Waals surface area contributed by atoms with Crippen LogP contribution < -0.4 is 10.6 Å². The molecule has 0 radical (unpaired) electrons. The van der Waals surface area contributed by atoms with Crippen molar-refractivity contribution in [2.45, 2.75) is 39.3 Å². The summed E-state index contributed by atoms with van der Waals surface area (Å²) in [5.41, 5.74) is 4.47. The molecule has 140 valence electrons. The molecular weight excluding hydrogens is 324 g/mol. The van der Waals surface area contributed by atoms with E-state index in [0.29, 0.717) is 12.6 Å². The molecule has 2 heterocycles. The van der Waals surface area contributed by atoms with Crippen molar-refractivity contribution < 1.29 is 0 Å².